The lowest BCUT2D eigenvalue weighted by Crippen LogP contribution is -2.00. The van der Waals surface area contributed by atoms with Gasteiger partial charge in [0, 0.05) is 24.6 Å². The highest BCUT2D eigenvalue weighted by atomic mass is 35.5. The molecule has 0 aliphatic heterocycles. The summed E-state index contributed by atoms with van der Waals surface area (Å²) in [5.41, 5.74) is 4.11. The Morgan fingerprint density at radius 2 is 1.67 bits per heavy atom. The summed E-state index contributed by atoms with van der Waals surface area (Å²) < 4.78 is 12.8. The lowest BCUT2D eigenvalue weighted by molar-refractivity contribution is 0.185. The summed E-state index contributed by atoms with van der Waals surface area (Å²) in [5.74, 6) is 1.18. The van der Waals surface area contributed by atoms with Crippen molar-refractivity contribution in [3.63, 3.8) is 0 Å². The summed E-state index contributed by atoms with van der Waals surface area (Å²) in [6.45, 7) is 0.614. The number of halogens is 1. The first-order valence-electron chi connectivity index (χ1n) is 8.55. The van der Waals surface area contributed by atoms with Crippen molar-refractivity contribution in [3.05, 3.63) is 88.7 Å². The van der Waals surface area contributed by atoms with E-state index in [9.17, 15) is 0 Å². The van der Waals surface area contributed by atoms with Gasteiger partial charge < -0.3 is 9.47 Å². The summed E-state index contributed by atoms with van der Waals surface area (Å²) in [6, 6.07) is 19.2. The van der Waals surface area contributed by atoms with Gasteiger partial charge in [0.25, 0.3) is 0 Å². The van der Waals surface area contributed by atoms with Crippen LogP contribution in [0.5, 0.6) is 11.6 Å². The average molecular weight is 380 g/mol. The fourth-order valence-electron chi connectivity index (χ4n) is 2.83. The molecular formula is C21H18ClN3O2. The summed E-state index contributed by atoms with van der Waals surface area (Å²) in [6.07, 6.45) is 2.57. The van der Waals surface area contributed by atoms with E-state index in [4.69, 9.17) is 21.1 Å². The number of ether oxygens (including phenoxy) is 2. The molecule has 0 bridgehead atoms. The highest BCUT2D eigenvalue weighted by Crippen LogP contribution is 2.22. The molecule has 0 radical (unpaired) electrons. The third kappa shape index (κ3) is 4.10. The fraction of sp³-hybridized carbons (Fsp3) is 0.143. The second-order valence-corrected chi connectivity index (χ2v) is 6.61. The van der Waals surface area contributed by atoms with E-state index in [1.807, 2.05) is 28.9 Å². The van der Waals surface area contributed by atoms with Crippen LogP contribution >= 0.6 is 11.6 Å². The van der Waals surface area contributed by atoms with Crippen LogP contribution < -0.4 is 4.74 Å². The quantitative estimate of drug-likeness (QED) is 0.477. The van der Waals surface area contributed by atoms with Crippen molar-refractivity contribution in [1.82, 2.24) is 14.6 Å². The Morgan fingerprint density at radius 3 is 2.41 bits per heavy atom. The summed E-state index contributed by atoms with van der Waals surface area (Å²) in [5, 5.41) is 5.24. The maximum Gasteiger partial charge on any atom is 0.237 e. The third-order valence-electron chi connectivity index (χ3n) is 4.16. The van der Waals surface area contributed by atoms with E-state index < -0.39 is 0 Å². The number of fused-ring (bicyclic) bond motifs is 1. The van der Waals surface area contributed by atoms with E-state index in [2.05, 4.69) is 34.3 Å². The predicted molar refractivity (Wildman–Crippen MR) is 104 cm³/mol. The van der Waals surface area contributed by atoms with Crippen LogP contribution in [0.3, 0.4) is 0 Å². The zero-order chi connectivity index (χ0) is 18.6. The van der Waals surface area contributed by atoms with Crippen molar-refractivity contribution >= 4 is 17.2 Å². The number of aromatic nitrogens is 3. The van der Waals surface area contributed by atoms with E-state index >= 15 is 0 Å². The number of hydrogen-bond acceptors (Lipinski definition) is 4. The van der Waals surface area contributed by atoms with Gasteiger partial charge in [0.1, 0.15) is 5.75 Å². The minimum absolute atomic E-state index is 0.500. The van der Waals surface area contributed by atoms with Crippen molar-refractivity contribution in [3.8, 4) is 11.6 Å². The molecule has 0 atom stereocenters. The molecule has 5 nitrogen and oxygen atoms in total. The second-order valence-electron chi connectivity index (χ2n) is 6.17. The first-order valence-corrected chi connectivity index (χ1v) is 8.93. The van der Waals surface area contributed by atoms with Crippen LogP contribution in [-0.2, 0) is 17.8 Å². The molecule has 2 aromatic heterocycles. The number of methoxy groups -OCH3 is 1. The molecule has 0 amide bonds. The van der Waals surface area contributed by atoms with Gasteiger partial charge in [0.05, 0.1) is 18.5 Å². The van der Waals surface area contributed by atoms with Crippen LogP contribution in [0.25, 0.3) is 5.65 Å². The molecule has 0 fully saturated rings. The molecule has 4 rings (SSSR count). The zero-order valence-corrected chi connectivity index (χ0v) is 15.6. The van der Waals surface area contributed by atoms with Crippen LogP contribution in [0.2, 0.25) is 5.02 Å². The first kappa shape index (κ1) is 17.5. The van der Waals surface area contributed by atoms with Gasteiger partial charge >= 0.3 is 0 Å². The molecule has 136 valence electrons. The monoisotopic (exact) mass is 379 g/mol. The highest BCUT2D eigenvalue weighted by molar-refractivity contribution is 6.30. The Morgan fingerprint density at radius 1 is 0.926 bits per heavy atom. The summed E-state index contributed by atoms with van der Waals surface area (Å²) >= 11 is 5.91. The molecule has 0 aliphatic rings. The molecule has 6 heteroatoms. The average Bonchev–Trinajstić information content (AvgIpc) is 3.08. The van der Waals surface area contributed by atoms with Gasteiger partial charge in [0.15, 0.2) is 5.65 Å². The van der Waals surface area contributed by atoms with Gasteiger partial charge in [-0.25, -0.2) is 9.50 Å². The molecule has 0 saturated carbocycles. The minimum Gasteiger partial charge on any atom is -0.438 e. The SMILES string of the molecule is COCc1ccc(Cc2cnc3ccc(Oc4ccc(Cl)cc4)nn23)cc1. The standard InChI is InChI=1S/C21H18ClN3O2/c1-26-14-16-4-2-15(3-5-16)12-18-13-23-20-10-11-21(24-25(18)20)27-19-8-6-17(22)7-9-19/h2-11,13H,12,14H2,1H3. The van der Waals surface area contributed by atoms with E-state index in [0.29, 0.717) is 23.3 Å². The Labute approximate surface area is 162 Å². The van der Waals surface area contributed by atoms with E-state index in [0.717, 1.165) is 23.3 Å². The number of hydrogen-bond donors (Lipinski definition) is 0. The van der Waals surface area contributed by atoms with E-state index in [1.165, 1.54) is 5.56 Å². The normalized spacial score (nSPS) is 11.0. The summed E-state index contributed by atoms with van der Waals surface area (Å²) in [4.78, 5) is 4.43. The van der Waals surface area contributed by atoms with Crippen LogP contribution in [0.1, 0.15) is 16.8 Å². The topological polar surface area (TPSA) is 48.7 Å². The number of benzene rings is 2. The third-order valence-corrected chi connectivity index (χ3v) is 4.42. The smallest absolute Gasteiger partial charge is 0.237 e. The molecular weight excluding hydrogens is 362 g/mol. The highest BCUT2D eigenvalue weighted by Gasteiger charge is 2.08. The lowest BCUT2D eigenvalue weighted by Gasteiger charge is -2.07. The van der Waals surface area contributed by atoms with Crippen LogP contribution in [0.15, 0.2) is 66.9 Å². The van der Waals surface area contributed by atoms with Gasteiger partial charge in [0.2, 0.25) is 5.88 Å². The second kappa shape index (κ2) is 7.78. The number of nitrogens with zero attached hydrogens (tertiary/aromatic N) is 3. The van der Waals surface area contributed by atoms with Gasteiger partial charge in [-0.05, 0) is 41.5 Å². The molecule has 4 aromatic rings. The van der Waals surface area contributed by atoms with Crippen molar-refractivity contribution in [2.24, 2.45) is 0 Å². The Balaban J connectivity index is 1.57. The maximum atomic E-state index is 5.91. The van der Waals surface area contributed by atoms with Gasteiger partial charge in [-0.15, -0.1) is 5.10 Å². The van der Waals surface area contributed by atoms with Gasteiger partial charge in [-0.1, -0.05) is 35.9 Å². The first-order chi connectivity index (χ1) is 13.2. The van der Waals surface area contributed by atoms with Crippen LogP contribution in [0, 0.1) is 0 Å². The molecule has 0 spiro atoms. The van der Waals surface area contributed by atoms with Crippen LogP contribution in [-0.4, -0.2) is 21.7 Å². The molecule has 0 unspecified atom stereocenters. The molecule has 0 aliphatic carbocycles. The Kier molecular flexibility index (Phi) is 5.05. The Bertz CT molecular complexity index is 1040. The van der Waals surface area contributed by atoms with Crippen LogP contribution in [0.4, 0.5) is 0 Å². The Hall–Kier alpha value is -2.89. The predicted octanol–water partition coefficient (Wildman–Crippen LogP) is 4.91. The number of rotatable bonds is 6. The van der Waals surface area contributed by atoms with Crippen molar-refractivity contribution < 1.29 is 9.47 Å². The zero-order valence-electron chi connectivity index (χ0n) is 14.8. The number of imidazole rings is 1. The van der Waals surface area contributed by atoms with Gasteiger partial charge in [-0.2, -0.15) is 0 Å². The van der Waals surface area contributed by atoms with Crippen molar-refractivity contribution in [2.75, 3.05) is 7.11 Å². The molecule has 2 heterocycles. The molecule has 2 aromatic carbocycles. The van der Waals surface area contributed by atoms with E-state index in [1.54, 1.807) is 25.3 Å². The van der Waals surface area contributed by atoms with Crippen molar-refractivity contribution in [2.45, 2.75) is 13.0 Å². The molecule has 0 saturated heterocycles. The van der Waals surface area contributed by atoms with Crippen molar-refractivity contribution in [1.29, 1.82) is 0 Å². The largest absolute Gasteiger partial charge is 0.438 e. The van der Waals surface area contributed by atoms with E-state index in [-0.39, 0.29) is 0 Å². The molecule has 27 heavy (non-hydrogen) atoms. The fourth-order valence-corrected chi connectivity index (χ4v) is 2.96. The lowest BCUT2D eigenvalue weighted by atomic mass is 10.1. The van der Waals surface area contributed by atoms with Gasteiger partial charge in [-0.3, -0.25) is 0 Å². The maximum absolute atomic E-state index is 5.91. The minimum atomic E-state index is 0.500. The summed E-state index contributed by atoms with van der Waals surface area (Å²) in [7, 11) is 1.70. The molecule has 0 N–H and O–H groups in total.